The SMILES string of the molecule is CCCCc1nc2[nH]c(=S)n(C)c(=O)c2n1Cc1ccc(-c2ccccc2-c2nnn[nH]2)cc1. The molecule has 9 nitrogen and oxygen atoms in total. The van der Waals surface area contributed by atoms with Crippen LogP contribution in [0.3, 0.4) is 0 Å². The lowest BCUT2D eigenvalue weighted by atomic mass is 9.98. The second kappa shape index (κ2) is 9.14. The van der Waals surface area contributed by atoms with Gasteiger partial charge in [0.25, 0.3) is 5.56 Å². The van der Waals surface area contributed by atoms with Gasteiger partial charge in [0.1, 0.15) is 5.82 Å². The van der Waals surface area contributed by atoms with Crippen molar-refractivity contribution in [1.82, 2.24) is 39.7 Å². The van der Waals surface area contributed by atoms with Crippen LogP contribution in [0, 0.1) is 4.77 Å². The number of tetrazole rings is 1. The lowest BCUT2D eigenvalue weighted by molar-refractivity contribution is 0.686. The number of benzene rings is 2. The van der Waals surface area contributed by atoms with E-state index in [-0.39, 0.29) is 5.56 Å². The summed E-state index contributed by atoms with van der Waals surface area (Å²) in [6.07, 6.45) is 2.84. The Kier molecular flexibility index (Phi) is 5.89. The van der Waals surface area contributed by atoms with Gasteiger partial charge in [0.05, 0.1) is 0 Å². The maximum Gasteiger partial charge on any atom is 0.280 e. The van der Waals surface area contributed by atoms with Gasteiger partial charge in [-0.15, -0.1) is 5.10 Å². The third kappa shape index (κ3) is 3.96. The number of H-pyrrole nitrogens is 2. The van der Waals surface area contributed by atoms with E-state index in [0.717, 1.165) is 47.3 Å². The maximum absolute atomic E-state index is 13.0. The number of fused-ring (bicyclic) bond motifs is 1. The maximum atomic E-state index is 13.0. The predicted octanol–water partition coefficient (Wildman–Crippen LogP) is 4.03. The van der Waals surface area contributed by atoms with E-state index in [9.17, 15) is 4.79 Å². The number of imidazole rings is 1. The molecule has 0 saturated heterocycles. The Balaban J connectivity index is 1.53. The zero-order chi connectivity index (χ0) is 23.7. The molecule has 0 saturated carbocycles. The Bertz CT molecular complexity index is 1560. The molecule has 34 heavy (non-hydrogen) atoms. The quantitative estimate of drug-likeness (QED) is 0.346. The van der Waals surface area contributed by atoms with Crippen LogP contribution in [-0.4, -0.2) is 39.7 Å². The van der Waals surface area contributed by atoms with E-state index in [4.69, 9.17) is 17.2 Å². The highest BCUT2D eigenvalue weighted by Crippen LogP contribution is 2.30. The normalized spacial score (nSPS) is 11.4. The summed E-state index contributed by atoms with van der Waals surface area (Å²) < 4.78 is 3.84. The summed E-state index contributed by atoms with van der Waals surface area (Å²) in [5.41, 5.74) is 5.05. The third-order valence-electron chi connectivity index (χ3n) is 5.97. The van der Waals surface area contributed by atoms with Gasteiger partial charge in [0.15, 0.2) is 21.8 Å². The second-order valence-electron chi connectivity index (χ2n) is 8.20. The number of aromatic amines is 2. The molecule has 5 rings (SSSR count). The van der Waals surface area contributed by atoms with Crippen LogP contribution in [0.1, 0.15) is 31.2 Å². The standard InChI is InChI=1S/C24H24N8OS/c1-3-4-9-19-25-22-20(23(33)31(2)24(34)26-22)32(19)14-15-10-12-16(13-11-15)17-7-5-6-8-18(17)21-27-29-30-28-21/h5-8,10-13H,3-4,9,14H2,1-2H3,(H,26,34)(H,27,28,29,30). The molecule has 0 aliphatic carbocycles. The molecule has 0 amide bonds. The summed E-state index contributed by atoms with van der Waals surface area (Å²) in [5, 5.41) is 14.3. The average molecular weight is 473 g/mol. The lowest BCUT2D eigenvalue weighted by Crippen LogP contribution is -2.21. The fourth-order valence-electron chi connectivity index (χ4n) is 4.12. The van der Waals surface area contributed by atoms with Crippen molar-refractivity contribution >= 4 is 23.4 Å². The number of nitrogens with zero attached hydrogens (tertiary/aromatic N) is 6. The molecular formula is C24H24N8OS. The molecule has 0 aliphatic rings. The summed E-state index contributed by atoms with van der Waals surface area (Å²) in [4.78, 5) is 20.9. The van der Waals surface area contributed by atoms with E-state index < -0.39 is 0 Å². The molecule has 0 unspecified atom stereocenters. The molecule has 0 bridgehead atoms. The van der Waals surface area contributed by atoms with Gasteiger partial charge in [0.2, 0.25) is 0 Å². The first-order valence-electron chi connectivity index (χ1n) is 11.2. The van der Waals surface area contributed by atoms with Gasteiger partial charge < -0.3 is 9.55 Å². The Morgan fingerprint density at radius 2 is 1.82 bits per heavy atom. The van der Waals surface area contributed by atoms with Crippen LogP contribution in [0.4, 0.5) is 0 Å². The molecule has 0 fully saturated rings. The van der Waals surface area contributed by atoms with Crippen molar-refractivity contribution in [3.63, 3.8) is 0 Å². The van der Waals surface area contributed by atoms with Crippen molar-refractivity contribution in [1.29, 1.82) is 0 Å². The molecular weight excluding hydrogens is 448 g/mol. The number of aromatic nitrogens is 8. The molecule has 0 atom stereocenters. The first kappa shape index (κ1) is 21.9. The smallest absolute Gasteiger partial charge is 0.280 e. The minimum atomic E-state index is -0.139. The Morgan fingerprint density at radius 1 is 1.06 bits per heavy atom. The summed E-state index contributed by atoms with van der Waals surface area (Å²) in [6, 6.07) is 16.3. The number of hydrogen-bond acceptors (Lipinski definition) is 6. The molecule has 3 aromatic heterocycles. The minimum absolute atomic E-state index is 0.139. The van der Waals surface area contributed by atoms with E-state index in [0.29, 0.717) is 28.3 Å². The zero-order valence-corrected chi connectivity index (χ0v) is 19.8. The second-order valence-corrected chi connectivity index (χ2v) is 8.59. The number of hydrogen-bond donors (Lipinski definition) is 2. The fourth-order valence-corrected chi connectivity index (χ4v) is 4.30. The van der Waals surface area contributed by atoms with Gasteiger partial charge in [-0.25, -0.2) is 10.1 Å². The van der Waals surface area contributed by atoms with E-state index in [1.165, 1.54) is 4.57 Å². The minimum Gasteiger partial charge on any atom is -0.318 e. The molecule has 5 aromatic rings. The monoisotopic (exact) mass is 472 g/mol. The molecule has 2 aromatic carbocycles. The number of nitrogens with one attached hydrogen (secondary N) is 2. The highest BCUT2D eigenvalue weighted by atomic mass is 32.1. The van der Waals surface area contributed by atoms with Gasteiger partial charge in [-0.1, -0.05) is 61.9 Å². The van der Waals surface area contributed by atoms with Crippen LogP contribution in [0.2, 0.25) is 0 Å². The Morgan fingerprint density at radius 3 is 2.53 bits per heavy atom. The first-order valence-corrected chi connectivity index (χ1v) is 11.6. The summed E-state index contributed by atoms with van der Waals surface area (Å²) in [5.74, 6) is 1.51. The van der Waals surface area contributed by atoms with Crippen LogP contribution >= 0.6 is 12.2 Å². The molecule has 172 valence electrons. The van der Waals surface area contributed by atoms with Crippen LogP contribution in [0.25, 0.3) is 33.7 Å². The molecule has 0 spiro atoms. The third-order valence-corrected chi connectivity index (χ3v) is 6.35. The molecule has 10 heteroatoms. The van der Waals surface area contributed by atoms with Crippen molar-refractivity contribution in [2.45, 2.75) is 32.7 Å². The zero-order valence-electron chi connectivity index (χ0n) is 18.9. The van der Waals surface area contributed by atoms with E-state index >= 15 is 0 Å². The summed E-state index contributed by atoms with van der Waals surface area (Å²) in [7, 11) is 1.68. The highest BCUT2D eigenvalue weighted by Gasteiger charge is 2.16. The van der Waals surface area contributed by atoms with Gasteiger partial charge >= 0.3 is 0 Å². The number of unbranched alkanes of at least 4 members (excludes halogenated alkanes) is 1. The van der Waals surface area contributed by atoms with Crippen LogP contribution in [0.15, 0.2) is 53.3 Å². The molecule has 0 aliphatic heterocycles. The Labute approximate surface area is 200 Å². The number of rotatable bonds is 7. The molecule has 3 heterocycles. The van der Waals surface area contributed by atoms with Gasteiger partial charge in [-0.05, 0) is 45.8 Å². The van der Waals surface area contributed by atoms with Gasteiger partial charge in [-0.3, -0.25) is 9.36 Å². The Hall–Kier alpha value is -3.92. The van der Waals surface area contributed by atoms with Crippen molar-refractivity contribution in [3.8, 4) is 22.5 Å². The largest absolute Gasteiger partial charge is 0.318 e. The van der Waals surface area contributed by atoms with Crippen molar-refractivity contribution in [2.75, 3.05) is 0 Å². The molecule has 2 N–H and O–H groups in total. The summed E-state index contributed by atoms with van der Waals surface area (Å²) >= 11 is 5.28. The van der Waals surface area contributed by atoms with Crippen LogP contribution in [0.5, 0.6) is 0 Å². The van der Waals surface area contributed by atoms with Crippen molar-refractivity contribution in [2.24, 2.45) is 7.05 Å². The topological polar surface area (TPSA) is 110 Å². The fraction of sp³-hybridized carbons (Fsp3) is 0.250. The van der Waals surface area contributed by atoms with E-state index in [1.807, 2.05) is 28.8 Å². The van der Waals surface area contributed by atoms with Gasteiger partial charge in [0, 0.05) is 25.6 Å². The van der Waals surface area contributed by atoms with Gasteiger partial charge in [-0.2, -0.15) is 0 Å². The number of aryl methyl sites for hydroxylation is 1. The predicted molar refractivity (Wildman–Crippen MR) is 133 cm³/mol. The first-order chi connectivity index (χ1) is 16.6. The van der Waals surface area contributed by atoms with E-state index in [2.05, 4.69) is 56.8 Å². The van der Waals surface area contributed by atoms with Crippen LogP contribution in [-0.2, 0) is 20.0 Å². The highest BCUT2D eigenvalue weighted by molar-refractivity contribution is 7.71. The molecule has 0 radical (unpaired) electrons. The lowest BCUT2D eigenvalue weighted by Gasteiger charge is -2.11. The van der Waals surface area contributed by atoms with Crippen molar-refractivity contribution in [3.05, 3.63) is 75.0 Å². The van der Waals surface area contributed by atoms with Crippen molar-refractivity contribution < 1.29 is 0 Å². The van der Waals surface area contributed by atoms with E-state index in [1.54, 1.807) is 7.05 Å². The average Bonchev–Trinajstić information content (AvgIpc) is 3.50. The summed E-state index contributed by atoms with van der Waals surface area (Å²) in [6.45, 7) is 2.69. The van der Waals surface area contributed by atoms with Crippen LogP contribution < -0.4 is 5.56 Å².